The first kappa shape index (κ1) is 23.9. The number of para-hydroxylation sites is 2. The molecule has 170 valence electrons. The zero-order valence-corrected chi connectivity index (χ0v) is 19.0. The van der Waals surface area contributed by atoms with Gasteiger partial charge < -0.3 is 21.7 Å². The zero-order valence-electron chi connectivity index (χ0n) is 18.2. The third-order valence-electron chi connectivity index (χ3n) is 4.79. The summed E-state index contributed by atoms with van der Waals surface area (Å²) in [7, 11) is 0. The van der Waals surface area contributed by atoms with Crippen molar-refractivity contribution in [3.63, 3.8) is 0 Å². The van der Waals surface area contributed by atoms with Gasteiger partial charge in [0.1, 0.15) is 0 Å². The summed E-state index contributed by atoms with van der Waals surface area (Å²) in [5.74, 6) is -0.845. The lowest BCUT2D eigenvalue weighted by Crippen LogP contribution is -2.29. The van der Waals surface area contributed by atoms with Crippen molar-refractivity contribution in [1.29, 1.82) is 0 Å². The van der Waals surface area contributed by atoms with E-state index in [0.717, 1.165) is 16.1 Å². The van der Waals surface area contributed by atoms with Crippen LogP contribution in [0.1, 0.15) is 28.9 Å². The minimum atomic E-state index is -0.413. The number of rotatable bonds is 10. The fourth-order valence-electron chi connectivity index (χ4n) is 3.15. The van der Waals surface area contributed by atoms with Crippen molar-refractivity contribution >= 4 is 40.9 Å². The van der Waals surface area contributed by atoms with Crippen LogP contribution in [0.4, 0.5) is 11.4 Å². The number of benzene rings is 3. The Labute approximate surface area is 197 Å². The fourth-order valence-corrected chi connectivity index (χ4v) is 3.92. The summed E-state index contributed by atoms with van der Waals surface area (Å²) >= 11 is 1.30. The van der Waals surface area contributed by atoms with Crippen molar-refractivity contribution in [2.24, 2.45) is 5.73 Å². The standard InChI is InChI=1S/C25H26N4O3S/c1-17(18-9-3-2-4-10-18)28-25(32)19-11-5-6-12-20(19)29-24(31)15-27-21-13-7-8-14-22(21)33-16-23(26)30/h2-14,17,27H,15-16H2,1H3,(H2,26,30)(H,28,32)(H,29,31)/t17-/m1/s1. The van der Waals surface area contributed by atoms with Crippen molar-refractivity contribution in [3.8, 4) is 0 Å². The normalized spacial score (nSPS) is 11.3. The molecular formula is C25H26N4O3S. The molecule has 3 rings (SSSR count). The molecule has 7 nitrogen and oxygen atoms in total. The van der Waals surface area contributed by atoms with E-state index in [1.54, 1.807) is 24.3 Å². The van der Waals surface area contributed by atoms with Crippen LogP contribution in [-0.2, 0) is 9.59 Å². The fraction of sp³-hybridized carbons (Fsp3) is 0.160. The molecular weight excluding hydrogens is 436 g/mol. The Kier molecular flexibility index (Phi) is 8.49. The first-order valence-electron chi connectivity index (χ1n) is 10.4. The lowest BCUT2D eigenvalue weighted by Gasteiger charge is -2.17. The lowest BCUT2D eigenvalue weighted by atomic mass is 10.1. The number of hydrogen-bond acceptors (Lipinski definition) is 5. The van der Waals surface area contributed by atoms with Crippen LogP contribution in [0.15, 0.2) is 83.8 Å². The minimum absolute atomic E-state index is 0.00941. The van der Waals surface area contributed by atoms with Gasteiger partial charge in [0.2, 0.25) is 11.8 Å². The van der Waals surface area contributed by atoms with E-state index in [-0.39, 0.29) is 30.2 Å². The van der Waals surface area contributed by atoms with Crippen molar-refractivity contribution in [2.75, 3.05) is 22.9 Å². The Balaban J connectivity index is 1.62. The van der Waals surface area contributed by atoms with Gasteiger partial charge in [0, 0.05) is 10.6 Å². The summed E-state index contributed by atoms with van der Waals surface area (Å²) in [6, 6.07) is 23.7. The second-order valence-corrected chi connectivity index (χ2v) is 8.32. The number of thioether (sulfide) groups is 1. The van der Waals surface area contributed by atoms with E-state index in [2.05, 4.69) is 16.0 Å². The molecule has 0 spiro atoms. The predicted molar refractivity (Wildman–Crippen MR) is 132 cm³/mol. The molecule has 3 amide bonds. The maximum atomic E-state index is 12.9. The molecule has 0 aliphatic rings. The molecule has 0 heterocycles. The number of primary amides is 1. The molecule has 3 aromatic rings. The van der Waals surface area contributed by atoms with Crippen LogP contribution >= 0.6 is 11.8 Å². The SMILES string of the molecule is C[C@@H](NC(=O)c1ccccc1NC(=O)CNc1ccccc1SCC(N)=O)c1ccccc1. The van der Waals surface area contributed by atoms with Crippen LogP contribution in [0.3, 0.4) is 0 Å². The van der Waals surface area contributed by atoms with E-state index in [4.69, 9.17) is 5.73 Å². The molecule has 0 unspecified atom stereocenters. The molecule has 0 radical (unpaired) electrons. The summed E-state index contributed by atoms with van der Waals surface area (Å²) in [4.78, 5) is 37.3. The van der Waals surface area contributed by atoms with Gasteiger partial charge in [-0.25, -0.2) is 0 Å². The second kappa shape index (κ2) is 11.7. The summed E-state index contributed by atoms with van der Waals surface area (Å²) in [5, 5.41) is 8.84. The number of carbonyl (C=O) groups is 3. The summed E-state index contributed by atoms with van der Waals surface area (Å²) in [6.45, 7) is 1.90. The predicted octanol–water partition coefficient (Wildman–Crippen LogP) is 3.81. The highest BCUT2D eigenvalue weighted by Gasteiger charge is 2.16. The average Bonchev–Trinajstić information content (AvgIpc) is 2.82. The van der Waals surface area contributed by atoms with Crippen LogP contribution in [-0.4, -0.2) is 30.0 Å². The van der Waals surface area contributed by atoms with E-state index in [1.807, 2.05) is 61.5 Å². The van der Waals surface area contributed by atoms with Crippen molar-refractivity contribution in [2.45, 2.75) is 17.9 Å². The number of amides is 3. The van der Waals surface area contributed by atoms with E-state index >= 15 is 0 Å². The van der Waals surface area contributed by atoms with Crippen molar-refractivity contribution in [1.82, 2.24) is 5.32 Å². The molecule has 0 saturated heterocycles. The number of anilines is 2. The maximum Gasteiger partial charge on any atom is 0.253 e. The van der Waals surface area contributed by atoms with Crippen molar-refractivity contribution < 1.29 is 14.4 Å². The molecule has 1 atom stereocenters. The highest BCUT2D eigenvalue weighted by molar-refractivity contribution is 8.00. The Morgan fingerprint density at radius 2 is 1.52 bits per heavy atom. The van der Waals surface area contributed by atoms with E-state index in [1.165, 1.54) is 11.8 Å². The number of nitrogens with one attached hydrogen (secondary N) is 3. The molecule has 0 saturated carbocycles. The summed E-state index contributed by atoms with van der Waals surface area (Å²) in [6.07, 6.45) is 0. The number of nitrogens with two attached hydrogens (primary N) is 1. The number of carbonyl (C=O) groups excluding carboxylic acids is 3. The Bertz CT molecular complexity index is 1120. The van der Waals surface area contributed by atoms with Gasteiger partial charge in [-0.15, -0.1) is 11.8 Å². The second-order valence-electron chi connectivity index (χ2n) is 7.30. The van der Waals surface area contributed by atoms with Gasteiger partial charge in [-0.2, -0.15) is 0 Å². The average molecular weight is 463 g/mol. The van der Waals surface area contributed by atoms with E-state index in [0.29, 0.717) is 11.3 Å². The van der Waals surface area contributed by atoms with Crippen LogP contribution in [0.2, 0.25) is 0 Å². The van der Waals surface area contributed by atoms with Crippen LogP contribution in [0.25, 0.3) is 0 Å². The quantitative estimate of drug-likeness (QED) is 0.342. The van der Waals surface area contributed by atoms with Crippen LogP contribution in [0, 0.1) is 0 Å². The summed E-state index contributed by atoms with van der Waals surface area (Å²) in [5.41, 5.74) is 7.75. The Morgan fingerprint density at radius 1 is 0.879 bits per heavy atom. The molecule has 8 heteroatoms. The molecule has 0 bridgehead atoms. The van der Waals surface area contributed by atoms with Gasteiger partial charge in [-0.3, -0.25) is 14.4 Å². The molecule has 0 aliphatic carbocycles. The van der Waals surface area contributed by atoms with Gasteiger partial charge >= 0.3 is 0 Å². The zero-order chi connectivity index (χ0) is 23.6. The first-order chi connectivity index (χ1) is 15.9. The molecule has 0 aromatic heterocycles. The first-order valence-corrected chi connectivity index (χ1v) is 11.4. The Hall–Kier alpha value is -3.78. The molecule has 0 aliphatic heterocycles. The van der Waals surface area contributed by atoms with Crippen LogP contribution in [0.5, 0.6) is 0 Å². The smallest absolute Gasteiger partial charge is 0.253 e. The van der Waals surface area contributed by atoms with Gasteiger partial charge in [-0.05, 0) is 36.8 Å². The lowest BCUT2D eigenvalue weighted by molar-refractivity contribution is -0.116. The van der Waals surface area contributed by atoms with Gasteiger partial charge in [0.05, 0.1) is 29.6 Å². The largest absolute Gasteiger partial charge is 0.375 e. The maximum absolute atomic E-state index is 12.9. The van der Waals surface area contributed by atoms with Crippen LogP contribution < -0.4 is 21.7 Å². The highest BCUT2D eigenvalue weighted by Crippen LogP contribution is 2.26. The van der Waals surface area contributed by atoms with Gasteiger partial charge in [0.15, 0.2) is 0 Å². The Morgan fingerprint density at radius 3 is 2.24 bits per heavy atom. The van der Waals surface area contributed by atoms with Gasteiger partial charge in [-0.1, -0.05) is 54.6 Å². The third kappa shape index (κ3) is 7.11. The highest BCUT2D eigenvalue weighted by atomic mass is 32.2. The number of hydrogen-bond donors (Lipinski definition) is 4. The minimum Gasteiger partial charge on any atom is -0.375 e. The monoisotopic (exact) mass is 462 g/mol. The molecule has 0 fully saturated rings. The molecule has 3 aromatic carbocycles. The van der Waals surface area contributed by atoms with Gasteiger partial charge in [0.25, 0.3) is 5.91 Å². The molecule has 5 N–H and O–H groups in total. The van der Waals surface area contributed by atoms with E-state index < -0.39 is 5.91 Å². The third-order valence-corrected chi connectivity index (χ3v) is 5.89. The molecule has 33 heavy (non-hydrogen) atoms. The van der Waals surface area contributed by atoms with E-state index in [9.17, 15) is 14.4 Å². The van der Waals surface area contributed by atoms with Crippen molar-refractivity contribution in [3.05, 3.63) is 90.0 Å². The summed E-state index contributed by atoms with van der Waals surface area (Å²) < 4.78 is 0. The topological polar surface area (TPSA) is 113 Å².